The number of nitrogens with one attached hydrogen (secondary N) is 1. The summed E-state index contributed by atoms with van der Waals surface area (Å²) >= 11 is 6.37. The highest BCUT2D eigenvalue weighted by Crippen LogP contribution is 2.32. The number of halogens is 1. The van der Waals surface area contributed by atoms with Gasteiger partial charge in [-0.2, -0.15) is 0 Å². The Bertz CT molecular complexity index is 1500. The van der Waals surface area contributed by atoms with Gasteiger partial charge in [-0.15, -0.1) is 0 Å². The molecule has 0 aliphatic heterocycles. The average Bonchev–Trinajstić information content (AvgIpc) is 2.98. The maximum absolute atomic E-state index is 14.1. The first kappa shape index (κ1) is 32.8. The molecule has 2 atom stereocenters. The number of anilines is 1. The van der Waals surface area contributed by atoms with Gasteiger partial charge < -0.3 is 19.7 Å². The van der Waals surface area contributed by atoms with Crippen LogP contribution in [0.25, 0.3) is 0 Å². The van der Waals surface area contributed by atoms with Gasteiger partial charge in [-0.3, -0.25) is 13.9 Å². The molecule has 11 heteroatoms. The summed E-state index contributed by atoms with van der Waals surface area (Å²) in [5, 5.41) is 3.10. The molecule has 226 valence electrons. The van der Waals surface area contributed by atoms with Gasteiger partial charge >= 0.3 is 0 Å². The minimum absolute atomic E-state index is 0.00903. The van der Waals surface area contributed by atoms with Gasteiger partial charge in [0.25, 0.3) is 10.0 Å². The third-order valence-corrected chi connectivity index (χ3v) is 9.05. The van der Waals surface area contributed by atoms with Crippen LogP contribution >= 0.6 is 11.6 Å². The number of amides is 2. The fourth-order valence-corrected chi connectivity index (χ4v) is 5.85. The van der Waals surface area contributed by atoms with Crippen LogP contribution < -0.4 is 19.1 Å². The second-order valence-corrected chi connectivity index (χ2v) is 12.3. The minimum atomic E-state index is -4.22. The predicted octanol–water partition coefficient (Wildman–Crippen LogP) is 5.19. The third kappa shape index (κ3) is 7.95. The second-order valence-electron chi connectivity index (χ2n) is 10.0. The van der Waals surface area contributed by atoms with E-state index in [9.17, 15) is 18.0 Å². The van der Waals surface area contributed by atoms with Crippen LogP contribution in [0.1, 0.15) is 38.3 Å². The third-order valence-electron chi connectivity index (χ3n) is 6.97. The molecule has 0 heterocycles. The Balaban J connectivity index is 2.07. The highest BCUT2D eigenvalue weighted by molar-refractivity contribution is 7.92. The summed E-state index contributed by atoms with van der Waals surface area (Å²) in [5.74, 6) is 0.0238. The van der Waals surface area contributed by atoms with Gasteiger partial charge in [-0.1, -0.05) is 48.4 Å². The van der Waals surface area contributed by atoms with Gasteiger partial charge in [-0.05, 0) is 75.2 Å². The maximum Gasteiger partial charge on any atom is 0.264 e. The minimum Gasteiger partial charge on any atom is -0.497 e. The van der Waals surface area contributed by atoms with Crippen LogP contribution in [0.3, 0.4) is 0 Å². The number of aryl methyl sites for hydroxylation is 1. The molecule has 9 nitrogen and oxygen atoms in total. The molecule has 0 aliphatic carbocycles. The molecule has 0 saturated carbocycles. The summed E-state index contributed by atoms with van der Waals surface area (Å²) in [5.41, 5.74) is 1.77. The van der Waals surface area contributed by atoms with E-state index >= 15 is 0 Å². The molecule has 3 aromatic carbocycles. The summed E-state index contributed by atoms with van der Waals surface area (Å²) in [6.07, 6.45) is 0.711. The number of sulfonamides is 1. The molecular formula is C31H38ClN3O6S. The van der Waals surface area contributed by atoms with Crippen LogP contribution in [0.2, 0.25) is 5.02 Å². The first-order valence-corrected chi connectivity index (χ1v) is 15.4. The molecule has 1 N–H and O–H groups in total. The molecule has 2 amide bonds. The van der Waals surface area contributed by atoms with E-state index in [0.29, 0.717) is 23.5 Å². The van der Waals surface area contributed by atoms with E-state index in [-0.39, 0.29) is 34.1 Å². The molecule has 42 heavy (non-hydrogen) atoms. The number of nitrogens with zero attached hydrogens (tertiary/aromatic N) is 2. The van der Waals surface area contributed by atoms with Crippen LogP contribution in [-0.2, 0) is 26.2 Å². The smallest absolute Gasteiger partial charge is 0.264 e. The van der Waals surface area contributed by atoms with Crippen molar-refractivity contribution in [1.82, 2.24) is 10.2 Å². The monoisotopic (exact) mass is 615 g/mol. The lowest BCUT2D eigenvalue weighted by atomic mass is 10.1. The predicted molar refractivity (Wildman–Crippen MR) is 165 cm³/mol. The number of carbonyl (C=O) groups excluding carboxylic acids is 2. The number of rotatable bonds is 13. The Labute approximate surface area is 253 Å². The lowest BCUT2D eigenvalue weighted by molar-refractivity contribution is -0.139. The Morgan fingerprint density at radius 1 is 0.976 bits per heavy atom. The van der Waals surface area contributed by atoms with E-state index in [1.807, 2.05) is 26.8 Å². The Morgan fingerprint density at radius 3 is 2.26 bits per heavy atom. The fraction of sp³-hybridized carbons (Fsp3) is 0.355. The van der Waals surface area contributed by atoms with Crippen LogP contribution in [0, 0.1) is 6.92 Å². The molecule has 0 aliphatic rings. The normalized spacial score (nSPS) is 12.6. The molecule has 0 aromatic heterocycles. The quantitative estimate of drug-likeness (QED) is 0.284. The molecule has 0 radical (unpaired) electrons. The highest BCUT2D eigenvalue weighted by atomic mass is 35.5. The molecule has 3 aromatic rings. The van der Waals surface area contributed by atoms with Crippen molar-refractivity contribution in [2.24, 2.45) is 0 Å². The summed E-state index contributed by atoms with van der Waals surface area (Å²) in [6.45, 7) is 6.77. The average molecular weight is 616 g/mol. The maximum atomic E-state index is 14.1. The van der Waals surface area contributed by atoms with Crippen molar-refractivity contribution >= 4 is 39.1 Å². The zero-order valence-electron chi connectivity index (χ0n) is 24.8. The van der Waals surface area contributed by atoms with Crippen LogP contribution in [0.15, 0.2) is 71.6 Å². The standard InChI is InChI=1S/C31H38ClN3O6S/c1-7-22(3)33-31(37)23(4)34(19-24-9-8-10-26(17-24)40-5)30(36)20-35(25-13-16-29(41-6)28(32)18-25)42(38,39)27-14-11-21(2)12-15-27/h8-18,22-23H,7,19-20H2,1-6H3,(H,33,37)/t22-,23+/m0/s1. The second kappa shape index (κ2) is 14.4. The Kier molecular flexibility index (Phi) is 11.2. The van der Waals surface area contributed by atoms with Gasteiger partial charge in [0.15, 0.2) is 0 Å². The summed E-state index contributed by atoms with van der Waals surface area (Å²) in [6, 6.07) is 17.0. The number of carbonyl (C=O) groups is 2. The topological polar surface area (TPSA) is 105 Å². The Morgan fingerprint density at radius 2 is 1.67 bits per heavy atom. The van der Waals surface area contributed by atoms with Crippen molar-refractivity contribution in [3.63, 3.8) is 0 Å². The van der Waals surface area contributed by atoms with Crippen LogP contribution in [0.5, 0.6) is 11.5 Å². The van der Waals surface area contributed by atoms with Gasteiger partial charge in [0.05, 0.1) is 29.8 Å². The van der Waals surface area contributed by atoms with E-state index in [1.165, 1.54) is 49.5 Å². The fourth-order valence-electron chi connectivity index (χ4n) is 4.19. The van der Waals surface area contributed by atoms with Crippen molar-refractivity contribution in [1.29, 1.82) is 0 Å². The first-order valence-electron chi connectivity index (χ1n) is 13.6. The molecule has 0 unspecified atom stereocenters. The first-order chi connectivity index (χ1) is 19.9. The van der Waals surface area contributed by atoms with Crippen molar-refractivity contribution < 1.29 is 27.5 Å². The largest absolute Gasteiger partial charge is 0.497 e. The SMILES string of the molecule is CC[C@H](C)NC(=O)[C@@H](C)N(Cc1cccc(OC)c1)C(=O)CN(c1ccc(OC)c(Cl)c1)S(=O)(=O)c1ccc(C)cc1. The van der Waals surface area contributed by atoms with E-state index in [1.54, 1.807) is 37.3 Å². The summed E-state index contributed by atoms with van der Waals surface area (Å²) in [7, 11) is -1.23. The van der Waals surface area contributed by atoms with E-state index in [0.717, 1.165) is 9.87 Å². The van der Waals surface area contributed by atoms with Crippen LogP contribution in [-0.4, -0.2) is 58.0 Å². The Hall–Kier alpha value is -3.76. The van der Waals surface area contributed by atoms with E-state index in [4.69, 9.17) is 21.1 Å². The highest BCUT2D eigenvalue weighted by Gasteiger charge is 2.33. The zero-order valence-corrected chi connectivity index (χ0v) is 26.3. The van der Waals surface area contributed by atoms with Crippen molar-refractivity contribution in [3.8, 4) is 11.5 Å². The number of hydrogen-bond acceptors (Lipinski definition) is 6. The number of methoxy groups -OCH3 is 2. The number of benzene rings is 3. The lowest BCUT2D eigenvalue weighted by Crippen LogP contribution is -2.52. The van der Waals surface area contributed by atoms with E-state index < -0.39 is 28.5 Å². The lowest BCUT2D eigenvalue weighted by Gasteiger charge is -2.32. The van der Waals surface area contributed by atoms with Crippen molar-refractivity contribution in [3.05, 3.63) is 82.9 Å². The van der Waals surface area contributed by atoms with Gasteiger partial charge in [-0.25, -0.2) is 8.42 Å². The van der Waals surface area contributed by atoms with Crippen LogP contribution in [0.4, 0.5) is 5.69 Å². The molecule has 0 fully saturated rings. The number of ether oxygens (including phenoxy) is 2. The van der Waals surface area contributed by atoms with Crippen molar-refractivity contribution in [2.45, 2.75) is 57.6 Å². The molecule has 0 bridgehead atoms. The zero-order chi connectivity index (χ0) is 31.0. The molecule has 3 rings (SSSR count). The van der Waals surface area contributed by atoms with Gasteiger partial charge in [0.1, 0.15) is 24.1 Å². The summed E-state index contributed by atoms with van der Waals surface area (Å²) in [4.78, 5) is 28.7. The van der Waals surface area contributed by atoms with E-state index in [2.05, 4.69) is 5.32 Å². The summed E-state index contributed by atoms with van der Waals surface area (Å²) < 4.78 is 39.5. The van der Waals surface area contributed by atoms with Gasteiger partial charge in [0.2, 0.25) is 11.8 Å². The number of hydrogen-bond donors (Lipinski definition) is 1. The molecule has 0 saturated heterocycles. The molecule has 0 spiro atoms. The molecular weight excluding hydrogens is 578 g/mol. The van der Waals surface area contributed by atoms with Crippen molar-refractivity contribution in [2.75, 3.05) is 25.1 Å². The van der Waals surface area contributed by atoms with Gasteiger partial charge in [0, 0.05) is 12.6 Å².